The molecule has 15 rings (SSSR count). The van der Waals surface area contributed by atoms with Crippen LogP contribution in [-0.2, 0) is 10.8 Å². The summed E-state index contributed by atoms with van der Waals surface area (Å²) in [5.41, 5.74) is 25.2. The molecule has 2 aromatic heterocycles. The Morgan fingerprint density at radius 1 is 0.364 bits per heavy atom. The molecule has 2 nitrogen and oxygen atoms in total. The number of aromatic nitrogens is 1. The molecule has 0 aliphatic heterocycles. The average Bonchev–Trinajstić information content (AvgIpc) is 4.13. The molecule has 1 spiro atoms. The summed E-state index contributed by atoms with van der Waals surface area (Å²) >= 11 is 0. The Labute approximate surface area is 383 Å². The molecule has 0 bridgehead atoms. The Balaban J connectivity index is 1.06. The van der Waals surface area contributed by atoms with E-state index in [1.54, 1.807) is 0 Å². The summed E-state index contributed by atoms with van der Waals surface area (Å²) in [6.45, 7) is 4.76. The lowest BCUT2D eigenvalue weighted by molar-refractivity contribution is 0.660. The summed E-state index contributed by atoms with van der Waals surface area (Å²) < 4.78 is 2.62. The van der Waals surface area contributed by atoms with E-state index in [0.29, 0.717) is 0 Å². The number of nitrogens with zero attached hydrogens (tertiary/aromatic N) is 2. The van der Waals surface area contributed by atoms with Gasteiger partial charge in [0.1, 0.15) is 0 Å². The summed E-state index contributed by atoms with van der Waals surface area (Å²) in [7, 11) is 0. The van der Waals surface area contributed by atoms with Crippen molar-refractivity contribution in [2.75, 3.05) is 4.90 Å². The molecule has 0 saturated heterocycles. The van der Waals surface area contributed by atoms with Crippen LogP contribution < -0.4 is 4.90 Å². The monoisotopic (exact) mass is 838 g/mol. The van der Waals surface area contributed by atoms with Crippen molar-refractivity contribution in [1.29, 1.82) is 0 Å². The zero-order valence-electron chi connectivity index (χ0n) is 36.7. The highest BCUT2D eigenvalue weighted by atomic mass is 15.1. The Morgan fingerprint density at radius 3 is 1.64 bits per heavy atom. The second-order valence-electron chi connectivity index (χ2n) is 19.1. The molecule has 0 amide bonds. The molecule has 10 aromatic carbocycles. The van der Waals surface area contributed by atoms with Gasteiger partial charge in [0.25, 0.3) is 0 Å². The zero-order chi connectivity index (χ0) is 43.5. The molecule has 0 N–H and O–H groups in total. The summed E-state index contributed by atoms with van der Waals surface area (Å²) in [4.78, 5) is 2.53. The molecule has 0 radical (unpaired) electrons. The highest BCUT2D eigenvalue weighted by Gasteiger charge is 2.52. The van der Waals surface area contributed by atoms with Gasteiger partial charge >= 0.3 is 0 Å². The molecule has 0 saturated carbocycles. The van der Waals surface area contributed by atoms with Crippen molar-refractivity contribution in [2.45, 2.75) is 24.7 Å². The number of fused-ring (bicyclic) bond motifs is 20. The van der Waals surface area contributed by atoms with Crippen molar-refractivity contribution in [3.05, 3.63) is 252 Å². The summed E-state index contributed by atoms with van der Waals surface area (Å²) in [5.74, 6) is 0. The number of rotatable bonds is 4. The fourth-order valence-corrected chi connectivity index (χ4v) is 13.0. The first kappa shape index (κ1) is 36.2. The third-order valence-corrected chi connectivity index (χ3v) is 15.7. The van der Waals surface area contributed by atoms with Gasteiger partial charge in [-0.3, -0.25) is 0 Å². The lowest BCUT2D eigenvalue weighted by Crippen LogP contribution is -2.25. The van der Waals surface area contributed by atoms with Crippen molar-refractivity contribution >= 4 is 55.2 Å². The summed E-state index contributed by atoms with van der Waals surface area (Å²) in [5, 5.41) is 5.08. The van der Waals surface area contributed by atoms with Gasteiger partial charge in [-0.25, -0.2) is 0 Å². The minimum absolute atomic E-state index is 0.147. The minimum Gasteiger partial charge on any atom is -0.310 e. The van der Waals surface area contributed by atoms with Crippen LogP contribution in [0.2, 0.25) is 0 Å². The van der Waals surface area contributed by atoms with Crippen LogP contribution in [0, 0.1) is 0 Å². The van der Waals surface area contributed by atoms with Crippen LogP contribution in [0.4, 0.5) is 17.1 Å². The predicted octanol–water partition coefficient (Wildman–Crippen LogP) is 16.6. The minimum atomic E-state index is -0.435. The topological polar surface area (TPSA) is 7.65 Å². The molecule has 0 unspecified atom stereocenters. The third kappa shape index (κ3) is 4.37. The van der Waals surface area contributed by atoms with Gasteiger partial charge in [0.2, 0.25) is 0 Å². The van der Waals surface area contributed by atoms with E-state index in [0.717, 1.165) is 11.4 Å². The van der Waals surface area contributed by atoms with Crippen molar-refractivity contribution < 1.29 is 0 Å². The van der Waals surface area contributed by atoms with E-state index in [1.165, 1.54) is 122 Å². The Bertz CT molecular complexity index is 3970. The van der Waals surface area contributed by atoms with E-state index in [9.17, 15) is 0 Å². The maximum Gasteiger partial charge on any atom is 0.0726 e. The van der Waals surface area contributed by atoms with Crippen LogP contribution in [-0.4, -0.2) is 4.40 Å². The van der Waals surface area contributed by atoms with E-state index >= 15 is 0 Å². The SMILES string of the molecule is CC1(C)c2ccccc2-c2ccc(N(c3ccc(-c4ccccc4)cc3)c3ccc4c5ccccc5n5c6c7c(ccc6c3c45)C3(c4ccccc4-c4ccccc43)c3ccccc3-7)cc21. The molecule has 0 atom stereocenters. The molecular weight excluding hydrogens is 797 g/mol. The molecule has 12 aromatic rings. The van der Waals surface area contributed by atoms with Crippen molar-refractivity contribution in [3.8, 4) is 44.5 Å². The van der Waals surface area contributed by atoms with Crippen LogP contribution in [0.3, 0.4) is 0 Å². The van der Waals surface area contributed by atoms with Crippen molar-refractivity contribution in [3.63, 3.8) is 0 Å². The smallest absolute Gasteiger partial charge is 0.0726 e. The molecule has 2 heterocycles. The first-order valence-electron chi connectivity index (χ1n) is 23.3. The lowest BCUT2D eigenvalue weighted by atomic mass is 9.70. The van der Waals surface area contributed by atoms with Crippen LogP contribution in [0.25, 0.3) is 82.6 Å². The fourth-order valence-electron chi connectivity index (χ4n) is 13.0. The number of anilines is 3. The summed E-state index contributed by atoms with van der Waals surface area (Å²) in [6, 6.07) is 82.3. The maximum atomic E-state index is 2.62. The van der Waals surface area contributed by atoms with E-state index in [-0.39, 0.29) is 5.41 Å². The van der Waals surface area contributed by atoms with E-state index < -0.39 is 5.41 Å². The van der Waals surface area contributed by atoms with Crippen molar-refractivity contribution in [2.24, 2.45) is 0 Å². The molecule has 308 valence electrons. The fraction of sp³-hybridized carbons (Fsp3) is 0.0625. The Hall–Kier alpha value is -8.20. The van der Waals surface area contributed by atoms with Gasteiger partial charge in [-0.05, 0) is 109 Å². The summed E-state index contributed by atoms with van der Waals surface area (Å²) in [6.07, 6.45) is 0. The lowest BCUT2D eigenvalue weighted by Gasteiger charge is -2.30. The van der Waals surface area contributed by atoms with Gasteiger partial charge in [-0.15, -0.1) is 0 Å². The van der Waals surface area contributed by atoms with Crippen LogP contribution in [0.1, 0.15) is 47.2 Å². The molecule has 2 heteroatoms. The molecule has 66 heavy (non-hydrogen) atoms. The van der Waals surface area contributed by atoms with Crippen LogP contribution in [0.5, 0.6) is 0 Å². The van der Waals surface area contributed by atoms with E-state index in [1.807, 2.05) is 0 Å². The number of hydrogen-bond donors (Lipinski definition) is 0. The van der Waals surface area contributed by atoms with E-state index in [4.69, 9.17) is 0 Å². The van der Waals surface area contributed by atoms with Gasteiger partial charge in [0.15, 0.2) is 0 Å². The highest BCUT2D eigenvalue weighted by molar-refractivity contribution is 6.29. The van der Waals surface area contributed by atoms with Gasteiger partial charge < -0.3 is 9.30 Å². The first-order valence-corrected chi connectivity index (χ1v) is 23.3. The molecule has 3 aliphatic rings. The third-order valence-electron chi connectivity index (χ3n) is 15.7. The highest BCUT2D eigenvalue weighted by Crippen LogP contribution is 2.65. The zero-order valence-corrected chi connectivity index (χ0v) is 36.7. The second kappa shape index (κ2) is 12.7. The van der Waals surface area contributed by atoms with Gasteiger partial charge in [-0.2, -0.15) is 0 Å². The van der Waals surface area contributed by atoms with Crippen LogP contribution >= 0.6 is 0 Å². The van der Waals surface area contributed by atoms with Crippen molar-refractivity contribution in [1.82, 2.24) is 4.40 Å². The number of hydrogen-bond acceptors (Lipinski definition) is 1. The standard InChI is InChI=1S/C64H42N2/c1-63(2)51-23-11-6-18-43(51)46-33-32-42(38-56(46)63)65(41-30-28-40(29-31-41)39-16-4-3-5-17-39)58-37-35-48-47-21-10-15-27-57(47)66-61(48)60(58)50-34-36-55-59(62(50)66)49-22-9-14-26-54(49)64(55)52-24-12-7-19-44(52)45-20-8-13-25-53(45)64/h3-38H,1-2H3. The first-order chi connectivity index (χ1) is 32.5. The molecular formula is C64H42N2. The molecule has 0 fully saturated rings. The Morgan fingerprint density at radius 2 is 0.909 bits per heavy atom. The number of benzene rings is 10. The van der Waals surface area contributed by atoms with Gasteiger partial charge in [-0.1, -0.05) is 196 Å². The van der Waals surface area contributed by atoms with Gasteiger partial charge in [0, 0.05) is 43.9 Å². The van der Waals surface area contributed by atoms with E-state index in [2.05, 4.69) is 242 Å². The maximum absolute atomic E-state index is 2.62. The average molecular weight is 839 g/mol. The quantitative estimate of drug-likeness (QED) is 0.171. The normalized spacial score (nSPS) is 14.5. The number of para-hydroxylation sites is 1. The largest absolute Gasteiger partial charge is 0.310 e. The van der Waals surface area contributed by atoms with Crippen LogP contribution in [0.15, 0.2) is 218 Å². The Kier molecular flexibility index (Phi) is 6.98. The van der Waals surface area contributed by atoms with Gasteiger partial charge in [0.05, 0.1) is 27.7 Å². The second-order valence-corrected chi connectivity index (χ2v) is 19.1. The predicted molar refractivity (Wildman–Crippen MR) is 275 cm³/mol. The molecule has 3 aliphatic carbocycles.